The fraction of sp³-hybridized carbons (Fsp3) is 0.684. The number of carbonyl (C=O) groups excluding carboxylic acids is 1. The van der Waals surface area contributed by atoms with E-state index in [9.17, 15) is 9.59 Å². The summed E-state index contributed by atoms with van der Waals surface area (Å²) in [6.07, 6.45) is 6.16. The zero-order valence-electron chi connectivity index (χ0n) is 15.3. The van der Waals surface area contributed by atoms with Gasteiger partial charge >= 0.3 is 11.6 Å². The second-order valence-electron chi connectivity index (χ2n) is 7.67. The minimum atomic E-state index is -0.427. The van der Waals surface area contributed by atoms with E-state index in [1.165, 1.54) is 44.8 Å². The molecule has 0 aliphatic carbocycles. The van der Waals surface area contributed by atoms with Gasteiger partial charge in [-0.15, -0.1) is 0 Å². The summed E-state index contributed by atoms with van der Waals surface area (Å²) < 4.78 is 11.8. The van der Waals surface area contributed by atoms with Crippen LogP contribution in [0.5, 0.6) is 0 Å². The first kappa shape index (κ1) is 20.4. The molecule has 2 saturated heterocycles. The molecule has 2 aliphatic heterocycles. The summed E-state index contributed by atoms with van der Waals surface area (Å²) in [5.41, 5.74) is 0.589. The Bertz CT molecular complexity index is 656. The molecule has 3 heterocycles. The largest absolute Gasteiger partial charge is 1.00 e. The van der Waals surface area contributed by atoms with Crippen LogP contribution in [-0.4, -0.2) is 43.2 Å². The van der Waals surface area contributed by atoms with E-state index in [1.54, 1.807) is 13.8 Å². The molecule has 0 amide bonds. The molecule has 3 rings (SSSR count). The molecule has 2 aliphatic rings. The van der Waals surface area contributed by atoms with E-state index in [0.717, 1.165) is 10.9 Å². The van der Waals surface area contributed by atoms with Gasteiger partial charge in [-0.2, -0.15) is 0 Å². The number of fused-ring (bicyclic) bond motifs is 1. The van der Waals surface area contributed by atoms with Crippen LogP contribution in [-0.2, 0) is 4.74 Å². The van der Waals surface area contributed by atoms with Crippen molar-refractivity contribution in [2.75, 3.05) is 26.7 Å². The highest BCUT2D eigenvalue weighted by molar-refractivity contribution is 5.91. The average Bonchev–Trinajstić information content (AvgIpc) is 2.51. The van der Waals surface area contributed by atoms with Crippen LogP contribution in [0.25, 0.3) is 0 Å². The summed E-state index contributed by atoms with van der Waals surface area (Å²) in [6, 6.07) is 1.95. The highest BCUT2D eigenvalue weighted by Crippen LogP contribution is 2.36. The molecule has 140 valence electrons. The van der Waals surface area contributed by atoms with Gasteiger partial charge in [-0.25, -0.2) is 9.59 Å². The lowest BCUT2D eigenvalue weighted by atomic mass is 9.82. The predicted molar refractivity (Wildman–Crippen MR) is 91.0 cm³/mol. The van der Waals surface area contributed by atoms with Crippen molar-refractivity contribution in [3.63, 3.8) is 0 Å². The maximum absolute atomic E-state index is 12.5. The number of nitrogens with zero attached hydrogens (tertiary/aromatic N) is 1. The van der Waals surface area contributed by atoms with Gasteiger partial charge in [0, 0.05) is 18.4 Å². The maximum Gasteiger partial charge on any atom is 0.341 e. The Balaban J connectivity index is 0.00000225. The lowest BCUT2D eigenvalue weighted by molar-refractivity contribution is -0.947. The van der Waals surface area contributed by atoms with Gasteiger partial charge in [-0.1, -0.05) is 0 Å². The molecule has 2 fully saturated rings. The highest BCUT2D eigenvalue weighted by atomic mass is 127. The summed E-state index contributed by atoms with van der Waals surface area (Å²) >= 11 is 0. The lowest BCUT2D eigenvalue weighted by Crippen LogP contribution is -3.00. The predicted octanol–water partition coefficient (Wildman–Crippen LogP) is -0.173. The van der Waals surface area contributed by atoms with Gasteiger partial charge in [0.2, 0.25) is 0 Å². The average molecular weight is 461 g/mol. The maximum atomic E-state index is 12.5. The quantitative estimate of drug-likeness (QED) is 0.357. The number of halogens is 1. The fourth-order valence-corrected chi connectivity index (χ4v) is 4.75. The van der Waals surface area contributed by atoms with Crippen molar-refractivity contribution >= 4 is 5.97 Å². The van der Waals surface area contributed by atoms with Crippen molar-refractivity contribution in [3.05, 3.63) is 33.4 Å². The first-order valence-corrected chi connectivity index (χ1v) is 9.03. The Labute approximate surface area is 166 Å². The van der Waals surface area contributed by atoms with E-state index in [4.69, 9.17) is 9.15 Å². The van der Waals surface area contributed by atoms with Crippen LogP contribution in [0.3, 0.4) is 0 Å². The summed E-state index contributed by atoms with van der Waals surface area (Å²) in [7, 11) is 2.36. The lowest BCUT2D eigenvalue weighted by Gasteiger charge is -2.51. The number of ether oxygens (including phenoxy) is 1. The first-order valence-electron chi connectivity index (χ1n) is 9.03. The van der Waals surface area contributed by atoms with Gasteiger partial charge in [0.25, 0.3) is 0 Å². The van der Waals surface area contributed by atoms with Gasteiger partial charge in [-0.05, 0) is 45.1 Å². The Kier molecular flexibility index (Phi) is 6.70. The van der Waals surface area contributed by atoms with Crippen LogP contribution in [0.1, 0.15) is 53.8 Å². The summed E-state index contributed by atoms with van der Waals surface area (Å²) in [5.74, 6) is 0.403. The molecule has 0 N–H and O–H groups in total. The standard InChI is InChI=1S/C19H28NO4.HI/c1-13-11-17(21)24-14(2)18(13)19(22)23-12-15-7-6-10-20(3)9-5-4-8-16(15)20;/h11,15-16H,4-10,12H2,1-3H3;1H/q+1;/p-1/t15-,16+,20?;/m0./s1. The molecule has 0 saturated carbocycles. The summed E-state index contributed by atoms with van der Waals surface area (Å²) in [4.78, 5) is 23.9. The number of aryl methyl sites for hydroxylation is 2. The molecule has 0 radical (unpaired) electrons. The van der Waals surface area contributed by atoms with E-state index < -0.39 is 5.63 Å². The SMILES string of the molecule is Cc1cc(=O)oc(C)c1C(=O)OC[C@@H]1CCC[N+]2(C)CCCC[C@H]12.[I-]. The number of rotatable bonds is 3. The van der Waals surface area contributed by atoms with Crippen molar-refractivity contribution in [3.8, 4) is 0 Å². The number of quaternary nitrogens is 1. The fourth-order valence-electron chi connectivity index (χ4n) is 4.75. The second kappa shape index (κ2) is 8.20. The van der Waals surface area contributed by atoms with Crippen LogP contribution in [0.2, 0.25) is 0 Å². The Morgan fingerprint density at radius 3 is 2.68 bits per heavy atom. The van der Waals surface area contributed by atoms with Crippen LogP contribution < -0.4 is 29.6 Å². The topological polar surface area (TPSA) is 56.5 Å². The zero-order valence-corrected chi connectivity index (χ0v) is 17.5. The van der Waals surface area contributed by atoms with Gasteiger partial charge < -0.3 is 37.6 Å². The van der Waals surface area contributed by atoms with E-state index in [-0.39, 0.29) is 29.9 Å². The van der Waals surface area contributed by atoms with E-state index in [1.807, 2.05) is 0 Å². The molecule has 0 aromatic carbocycles. The van der Waals surface area contributed by atoms with Gasteiger partial charge in [0.05, 0.1) is 26.2 Å². The third-order valence-corrected chi connectivity index (χ3v) is 5.97. The minimum Gasteiger partial charge on any atom is -1.00 e. The summed E-state index contributed by atoms with van der Waals surface area (Å²) in [6.45, 7) is 6.35. The van der Waals surface area contributed by atoms with Crippen LogP contribution in [0, 0.1) is 19.8 Å². The highest BCUT2D eigenvalue weighted by Gasteiger charge is 2.43. The van der Waals surface area contributed by atoms with E-state index in [0.29, 0.717) is 35.5 Å². The minimum absolute atomic E-state index is 0. The van der Waals surface area contributed by atoms with Crippen molar-refractivity contribution in [1.29, 1.82) is 0 Å². The molecule has 5 nitrogen and oxygen atoms in total. The molecular formula is C19H28INO4. The molecule has 1 unspecified atom stereocenters. The molecular weight excluding hydrogens is 433 g/mol. The van der Waals surface area contributed by atoms with Crippen molar-refractivity contribution in [2.24, 2.45) is 5.92 Å². The third-order valence-electron chi connectivity index (χ3n) is 5.97. The Morgan fingerprint density at radius 1 is 1.24 bits per heavy atom. The molecule has 1 aromatic rings. The first-order chi connectivity index (χ1) is 11.4. The molecule has 0 bridgehead atoms. The van der Waals surface area contributed by atoms with Crippen LogP contribution in [0.15, 0.2) is 15.3 Å². The Hall–Kier alpha value is -0.890. The van der Waals surface area contributed by atoms with Gasteiger partial charge in [0.1, 0.15) is 17.9 Å². The number of piperidine rings is 2. The van der Waals surface area contributed by atoms with Gasteiger partial charge in [0.15, 0.2) is 0 Å². The normalized spacial score (nSPS) is 28.6. The van der Waals surface area contributed by atoms with Crippen molar-refractivity contribution < 1.29 is 42.4 Å². The molecule has 6 heteroatoms. The van der Waals surface area contributed by atoms with E-state index in [2.05, 4.69) is 7.05 Å². The molecule has 0 spiro atoms. The van der Waals surface area contributed by atoms with Gasteiger partial charge in [-0.3, -0.25) is 0 Å². The number of hydrogen-bond acceptors (Lipinski definition) is 4. The molecule has 1 aromatic heterocycles. The molecule has 3 atom stereocenters. The van der Waals surface area contributed by atoms with E-state index >= 15 is 0 Å². The zero-order chi connectivity index (χ0) is 17.3. The smallest absolute Gasteiger partial charge is 0.341 e. The number of carbonyl (C=O) groups is 1. The Morgan fingerprint density at radius 2 is 1.96 bits per heavy atom. The summed E-state index contributed by atoms with van der Waals surface area (Å²) in [5, 5.41) is 0. The number of hydrogen-bond donors (Lipinski definition) is 0. The van der Waals surface area contributed by atoms with Crippen LogP contribution in [0.4, 0.5) is 0 Å². The van der Waals surface area contributed by atoms with Crippen molar-refractivity contribution in [2.45, 2.75) is 52.0 Å². The van der Waals surface area contributed by atoms with Crippen LogP contribution >= 0.6 is 0 Å². The monoisotopic (exact) mass is 461 g/mol. The molecule has 25 heavy (non-hydrogen) atoms. The van der Waals surface area contributed by atoms with Crippen molar-refractivity contribution in [1.82, 2.24) is 0 Å². The second-order valence-corrected chi connectivity index (χ2v) is 7.67. The third kappa shape index (κ3) is 4.27. The number of esters is 1.